The van der Waals surface area contributed by atoms with Crippen LogP contribution in [0.15, 0.2) is 0 Å². The third-order valence-corrected chi connectivity index (χ3v) is 20.4. The normalized spacial score (nSPS) is 12.8. The van der Waals surface area contributed by atoms with Gasteiger partial charge in [0, 0.05) is 0 Å². The van der Waals surface area contributed by atoms with Gasteiger partial charge >= 0.3 is 0 Å². The van der Waals surface area contributed by atoms with Gasteiger partial charge in [0.25, 0.3) is 17.1 Å². The van der Waals surface area contributed by atoms with Gasteiger partial charge in [0.05, 0.1) is 0 Å². The minimum Gasteiger partial charge on any atom is -0.305 e. The molecule has 0 aromatic rings. The summed E-state index contributed by atoms with van der Waals surface area (Å²) in [4.78, 5) is 0. The first kappa shape index (κ1) is 45.3. The molecule has 0 aliphatic heterocycles. The van der Waals surface area contributed by atoms with Gasteiger partial charge in [0.15, 0.2) is 0 Å². The third kappa shape index (κ3) is 18.2. The second-order valence-corrected chi connectivity index (χ2v) is 23.9. The van der Waals surface area contributed by atoms with Crippen LogP contribution in [0.2, 0.25) is 12.1 Å². The summed E-state index contributed by atoms with van der Waals surface area (Å²) in [6.45, 7) is 4.58. The minimum atomic E-state index is -1.62. The van der Waals surface area contributed by atoms with Gasteiger partial charge in [0.2, 0.25) is 0 Å². The van der Waals surface area contributed by atoms with E-state index < -0.39 is 17.1 Å². The molecule has 0 radical (unpaired) electrons. The zero-order valence-corrected chi connectivity index (χ0v) is 34.5. The van der Waals surface area contributed by atoms with E-state index in [1.54, 1.807) is 0 Å². The van der Waals surface area contributed by atoms with Crippen LogP contribution in [0.4, 0.5) is 0 Å². The van der Waals surface area contributed by atoms with Gasteiger partial charge in [-0.1, -0.05) is 136 Å². The molecule has 0 amide bonds. The minimum absolute atomic E-state index is 1.34. The average Bonchev–Trinajstić information content (AvgIpc) is 2.92. The van der Waals surface area contributed by atoms with Crippen molar-refractivity contribution in [2.24, 2.45) is 0 Å². The average molecular weight is 645 g/mol. The summed E-state index contributed by atoms with van der Waals surface area (Å²) in [7, 11) is 23.8. The molecule has 43 heavy (non-hydrogen) atoms. The quantitative estimate of drug-likeness (QED) is 0.0654. The number of nitrogens with zero attached hydrogens (tertiary/aromatic N) is 6. The summed E-state index contributed by atoms with van der Waals surface area (Å²) in [5, 5.41) is 0. The van der Waals surface area contributed by atoms with E-state index in [9.17, 15) is 0 Å². The Morgan fingerprint density at radius 2 is 0.419 bits per heavy atom. The van der Waals surface area contributed by atoms with Gasteiger partial charge in [0.1, 0.15) is 0 Å². The molecule has 262 valence electrons. The van der Waals surface area contributed by atoms with Gasteiger partial charge < -0.3 is 27.4 Å². The lowest BCUT2D eigenvalue weighted by molar-refractivity contribution is 0.372. The fourth-order valence-electron chi connectivity index (χ4n) is 7.26. The molecule has 0 saturated carbocycles. The molecular weight excluding hydrogens is 561 g/mol. The highest BCUT2D eigenvalue weighted by molar-refractivity contribution is 6.71. The molecule has 0 atom stereocenters. The van der Waals surface area contributed by atoms with Gasteiger partial charge in [-0.15, -0.1) is 0 Å². The Bertz CT molecular complexity index is 555. The monoisotopic (exact) mass is 645 g/mol. The van der Waals surface area contributed by atoms with Crippen molar-refractivity contribution < 1.29 is 0 Å². The van der Waals surface area contributed by atoms with Gasteiger partial charge in [-0.05, 0) is 96.7 Å². The lowest BCUT2D eigenvalue weighted by Gasteiger charge is -2.46. The van der Waals surface area contributed by atoms with Crippen LogP contribution in [0.3, 0.4) is 0 Å². The maximum Gasteiger partial charge on any atom is 0.288 e. The summed E-state index contributed by atoms with van der Waals surface area (Å²) in [5.74, 6) is 0. The third-order valence-electron chi connectivity index (χ3n) is 9.78. The Morgan fingerprint density at radius 1 is 0.256 bits per heavy atom. The fourth-order valence-corrected chi connectivity index (χ4v) is 16.2. The van der Waals surface area contributed by atoms with Crippen molar-refractivity contribution in [3.05, 3.63) is 0 Å². The van der Waals surface area contributed by atoms with Crippen molar-refractivity contribution in [2.45, 2.75) is 148 Å². The highest BCUT2D eigenvalue weighted by atomic mass is 28.4. The Morgan fingerprint density at radius 3 is 0.581 bits per heavy atom. The summed E-state index contributed by atoms with van der Waals surface area (Å²) in [6, 6.07) is 2.69. The summed E-state index contributed by atoms with van der Waals surface area (Å²) >= 11 is 0. The summed E-state index contributed by atoms with van der Waals surface area (Å²) in [5.41, 5.74) is 0. The van der Waals surface area contributed by atoms with Crippen LogP contribution in [0.1, 0.15) is 136 Å². The van der Waals surface area contributed by atoms with Crippen LogP contribution in [0.5, 0.6) is 0 Å². The zero-order chi connectivity index (χ0) is 33.3. The molecule has 0 heterocycles. The molecule has 0 N–H and O–H groups in total. The molecule has 0 spiro atoms. The SMILES string of the molecule is CCCCCCCCCCCC[Si](N(C)C)(N(C)C)N(C)C.CCCCCCCCCCC[Si](N(C)C)(N(C)C)N(C)C. The fraction of sp³-hybridized carbons (Fsp3) is 1.00. The molecule has 0 saturated heterocycles. The summed E-state index contributed by atoms with van der Waals surface area (Å²) in [6.07, 6.45) is 26.9. The molecule has 0 unspecified atom stereocenters. The van der Waals surface area contributed by atoms with Crippen LogP contribution >= 0.6 is 0 Å². The second kappa shape index (κ2) is 27.3. The lowest BCUT2D eigenvalue weighted by Crippen LogP contribution is -2.69. The number of rotatable bonds is 27. The molecule has 0 rings (SSSR count). The Kier molecular flexibility index (Phi) is 28.8. The Balaban J connectivity index is 0. The van der Waals surface area contributed by atoms with Crippen LogP contribution in [-0.2, 0) is 0 Å². The predicted molar refractivity (Wildman–Crippen MR) is 202 cm³/mol. The van der Waals surface area contributed by atoms with Crippen molar-refractivity contribution in [1.82, 2.24) is 27.4 Å². The van der Waals surface area contributed by atoms with E-state index in [0.717, 1.165) is 0 Å². The molecule has 0 fully saturated rings. The first-order chi connectivity index (χ1) is 20.3. The smallest absolute Gasteiger partial charge is 0.288 e. The van der Waals surface area contributed by atoms with E-state index in [1.165, 1.54) is 134 Å². The van der Waals surface area contributed by atoms with E-state index in [-0.39, 0.29) is 0 Å². The van der Waals surface area contributed by atoms with E-state index in [1.807, 2.05) is 0 Å². The van der Waals surface area contributed by atoms with E-state index in [0.29, 0.717) is 0 Å². The first-order valence-corrected chi connectivity index (χ1v) is 22.4. The highest BCUT2D eigenvalue weighted by Gasteiger charge is 2.42. The van der Waals surface area contributed by atoms with Crippen molar-refractivity contribution in [3.63, 3.8) is 0 Å². The maximum atomic E-state index is 2.49. The van der Waals surface area contributed by atoms with Crippen molar-refractivity contribution in [1.29, 1.82) is 0 Å². The molecule has 0 aliphatic carbocycles. The molecule has 8 heteroatoms. The predicted octanol–water partition coefficient (Wildman–Crippen LogP) is 8.67. The van der Waals surface area contributed by atoms with Crippen molar-refractivity contribution in [2.75, 3.05) is 84.6 Å². The standard InChI is InChI=1S/C18H43N3Si.C17H41N3Si/c1-8-9-10-11-12-13-14-15-16-17-18-22(19(2)3,20(4)5)21(6)7;1-8-9-10-11-12-13-14-15-16-17-21(18(2)3,19(4)5)20(6)7/h8-18H2,1-7H3;8-17H2,1-7H3. The molecule has 0 aromatic carbocycles. The largest absolute Gasteiger partial charge is 0.305 e. The molecule has 6 nitrogen and oxygen atoms in total. The van der Waals surface area contributed by atoms with Gasteiger partial charge in [-0.2, -0.15) is 0 Å². The lowest BCUT2D eigenvalue weighted by atomic mass is 10.1. The molecule has 0 aliphatic rings. The van der Waals surface area contributed by atoms with Crippen LogP contribution < -0.4 is 0 Å². The number of hydrogen-bond donors (Lipinski definition) is 0. The van der Waals surface area contributed by atoms with E-state index >= 15 is 0 Å². The zero-order valence-electron chi connectivity index (χ0n) is 32.5. The van der Waals surface area contributed by atoms with Gasteiger partial charge in [-0.25, -0.2) is 0 Å². The topological polar surface area (TPSA) is 19.4 Å². The number of unbranched alkanes of at least 4 members (excludes halogenated alkanes) is 17. The van der Waals surface area contributed by atoms with E-state index in [2.05, 4.69) is 126 Å². The molecule has 0 bridgehead atoms. The van der Waals surface area contributed by atoms with Crippen molar-refractivity contribution in [3.8, 4) is 0 Å². The highest BCUT2D eigenvalue weighted by Crippen LogP contribution is 2.23. The molecular formula is C35H84N6Si2. The van der Waals surface area contributed by atoms with E-state index in [4.69, 9.17) is 0 Å². The Labute approximate surface area is 276 Å². The maximum absolute atomic E-state index is 2.49. The van der Waals surface area contributed by atoms with Gasteiger partial charge in [-0.3, -0.25) is 0 Å². The van der Waals surface area contributed by atoms with Crippen LogP contribution in [-0.4, -0.2) is 129 Å². The van der Waals surface area contributed by atoms with Crippen LogP contribution in [0, 0.1) is 0 Å². The Hall–Kier alpha value is 0.194. The second-order valence-electron chi connectivity index (χ2n) is 14.4. The summed E-state index contributed by atoms with van der Waals surface area (Å²) < 4.78 is 14.9. The number of hydrogen-bond acceptors (Lipinski definition) is 6. The van der Waals surface area contributed by atoms with Crippen molar-refractivity contribution >= 4 is 17.1 Å². The van der Waals surface area contributed by atoms with Crippen LogP contribution in [0.25, 0.3) is 0 Å². The molecule has 0 aromatic heterocycles. The first-order valence-electron chi connectivity index (χ1n) is 18.3.